The van der Waals surface area contributed by atoms with E-state index in [9.17, 15) is 4.79 Å². The van der Waals surface area contributed by atoms with E-state index < -0.39 is 0 Å². The van der Waals surface area contributed by atoms with Crippen molar-refractivity contribution in [3.8, 4) is 0 Å². The fraction of sp³-hybridized carbons (Fsp3) is 0.650. The molecule has 3 rings (SSSR count). The third-order valence-electron chi connectivity index (χ3n) is 5.67. The lowest BCUT2D eigenvalue weighted by Crippen LogP contribution is -2.62. The molecule has 2 aliphatic rings. The number of likely N-dealkylation sites (tertiary alicyclic amines) is 1. The second-order valence-electron chi connectivity index (χ2n) is 7.02. The number of amides is 1. The molecule has 0 N–H and O–H groups in total. The molecular formula is C20H30N2O. The lowest BCUT2D eigenvalue weighted by Gasteiger charge is -2.48. The molecule has 0 atom stereocenters. The minimum Gasteiger partial charge on any atom is -0.311 e. The highest BCUT2D eigenvalue weighted by Gasteiger charge is 2.46. The Balaban J connectivity index is 1.90. The maximum atomic E-state index is 13.6. The fourth-order valence-electron chi connectivity index (χ4n) is 4.43. The monoisotopic (exact) mass is 314 g/mol. The number of hydrogen-bond acceptors (Lipinski definition) is 2. The first kappa shape index (κ1) is 16.5. The molecule has 0 bridgehead atoms. The van der Waals surface area contributed by atoms with Crippen molar-refractivity contribution >= 4 is 11.6 Å². The zero-order chi connectivity index (χ0) is 16.1. The van der Waals surface area contributed by atoms with Crippen LogP contribution in [0.4, 0.5) is 5.69 Å². The van der Waals surface area contributed by atoms with Gasteiger partial charge in [-0.1, -0.05) is 43.9 Å². The number of anilines is 1. The van der Waals surface area contributed by atoms with Crippen LogP contribution < -0.4 is 4.90 Å². The van der Waals surface area contributed by atoms with Gasteiger partial charge < -0.3 is 4.90 Å². The van der Waals surface area contributed by atoms with E-state index in [4.69, 9.17) is 0 Å². The Morgan fingerprint density at radius 3 is 2.22 bits per heavy atom. The fourth-order valence-corrected chi connectivity index (χ4v) is 4.43. The van der Waals surface area contributed by atoms with Gasteiger partial charge in [0.25, 0.3) is 0 Å². The topological polar surface area (TPSA) is 23.6 Å². The lowest BCUT2D eigenvalue weighted by molar-refractivity contribution is -0.134. The van der Waals surface area contributed by atoms with Crippen LogP contribution in [0, 0.1) is 0 Å². The molecule has 1 amide bonds. The molecule has 1 aromatic rings. The highest BCUT2D eigenvalue weighted by Crippen LogP contribution is 2.38. The second-order valence-corrected chi connectivity index (χ2v) is 7.02. The van der Waals surface area contributed by atoms with Crippen LogP contribution in [0.5, 0.6) is 0 Å². The molecule has 1 aromatic carbocycles. The molecule has 1 aliphatic carbocycles. The number of likely N-dealkylation sites (N-methyl/N-ethyl adjacent to an activating group) is 1. The molecule has 0 aromatic heterocycles. The van der Waals surface area contributed by atoms with Crippen molar-refractivity contribution in [1.29, 1.82) is 0 Å². The van der Waals surface area contributed by atoms with Crippen LogP contribution in [0.15, 0.2) is 30.3 Å². The van der Waals surface area contributed by atoms with E-state index in [0.29, 0.717) is 5.91 Å². The van der Waals surface area contributed by atoms with Crippen LogP contribution >= 0.6 is 0 Å². The van der Waals surface area contributed by atoms with Gasteiger partial charge in [0.05, 0.1) is 0 Å². The number of benzene rings is 1. The number of carbonyl (C=O) groups excluding carboxylic acids is 1. The van der Waals surface area contributed by atoms with Gasteiger partial charge in [-0.05, 0) is 57.8 Å². The average Bonchev–Trinajstić information content (AvgIpc) is 2.64. The number of hydrogen-bond donors (Lipinski definition) is 0. The summed E-state index contributed by atoms with van der Waals surface area (Å²) in [4.78, 5) is 18.2. The Bertz CT molecular complexity index is 502. The standard InChI is InChI=1S/C20H30N2O/c1-2-22(18-12-6-3-7-13-18)19(23)20(14-8-4-9-15-20)21-16-10-5-11-17-21/h3,6-7,12-13H,2,4-5,8-11,14-17H2,1H3. The Morgan fingerprint density at radius 1 is 1.00 bits per heavy atom. The molecular weight excluding hydrogens is 284 g/mol. The van der Waals surface area contributed by atoms with E-state index in [0.717, 1.165) is 38.2 Å². The predicted octanol–water partition coefficient (Wildman–Crippen LogP) is 4.23. The predicted molar refractivity (Wildman–Crippen MR) is 95.7 cm³/mol. The summed E-state index contributed by atoms with van der Waals surface area (Å²) in [6, 6.07) is 10.2. The van der Waals surface area contributed by atoms with Crippen molar-refractivity contribution in [2.45, 2.75) is 63.8 Å². The normalized spacial score (nSPS) is 21.8. The van der Waals surface area contributed by atoms with Crippen LogP contribution in [-0.4, -0.2) is 36.0 Å². The van der Waals surface area contributed by atoms with E-state index in [2.05, 4.69) is 24.0 Å². The van der Waals surface area contributed by atoms with Gasteiger partial charge in [0.15, 0.2) is 0 Å². The molecule has 126 valence electrons. The molecule has 0 radical (unpaired) electrons. The third-order valence-corrected chi connectivity index (χ3v) is 5.67. The lowest BCUT2D eigenvalue weighted by atomic mass is 9.78. The van der Waals surface area contributed by atoms with Crippen molar-refractivity contribution in [3.05, 3.63) is 30.3 Å². The number of carbonyl (C=O) groups is 1. The van der Waals surface area contributed by atoms with Gasteiger partial charge in [-0.25, -0.2) is 0 Å². The van der Waals surface area contributed by atoms with E-state index >= 15 is 0 Å². The first-order valence-corrected chi connectivity index (χ1v) is 9.40. The van der Waals surface area contributed by atoms with E-state index in [1.54, 1.807) is 0 Å². The summed E-state index contributed by atoms with van der Waals surface area (Å²) in [6.45, 7) is 5.03. The molecule has 3 nitrogen and oxygen atoms in total. The Morgan fingerprint density at radius 2 is 1.61 bits per heavy atom. The average molecular weight is 314 g/mol. The van der Waals surface area contributed by atoms with Crippen LogP contribution in [-0.2, 0) is 4.79 Å². The van der Waals surface area contributed by atoms with Gasteiger partial charge in [-0.15, -0.1) is 0 Å². The summed E-state index contributed by atoms with van der Waals surface area (Å²) in [5.41, 5.74) is 0.798. The summed E-state index contributed by atoms with van der Waals surface area (Å²) in [5.74, 6) is 0.341. The van der Waals surface area contributed by atoms with Crippen molar-refractivity contribution in [1.82, 2.24) is 4.90 Å². The smallest absolute Gasteiger partial charge is 0.247 e. The van der Waals surface area contributed by atoms with Crippen LogP contribution in [0.1, 0.15) is 58.3 Å². The molecule has 1 aliphatic heterocycles. The van der Waals surface area contributed by atoms with Crippen molar-refractivity contribution < 1.29 is 4.79 Å². The summed E-state index contributed by atoms with van der Waals surface area (Å²) < 4.78 is 0. The molecule has 1 heterocycles. The van der Waals surface area contributed by atoms with Crippen molar-refractivity contribution in [2.24, 2.45) is 0 Å². The maximum absolute atomic E-state index is 13.6. The minimum absolute atomic E-state index is 0.246. The Labute approximate surface area is 140 Å². The van der Waals surface area contributed by atoms with Gasteiger partial charge in [-0.3, -0.25) is 9.69 Å². The van der Waals surface area contributed by atoms with Gasteiger partial charge in [0.2, 0.25) is 5.91 Å². The SMILES string of the molecule is CCN(C(=O)C1(N2CCCCC2)CCCCC1)c1ccccc1. The summed E-state index contributed by atoms with van der Waals surface area (Å²) >= 11 is 0. The molecule has 23 heavy (non-hydrogen) atoms. The van der Waals surface area contributed by atoms with E-state index in [-0.39, 0.29) is 5.54 Å². The van der Waals surface area contributed by atoms with Gasteiger partial charge in [-0.2, -0.15) is 0 Å². The van der Waals surface area contributed by atoms with Gasteiger partial charge in [0.1, 0.15) is 5.54 Å². The Hall–Kier alpha value is -1.35. The quantitative estimate of drug-likeness (QED) is 0.830. The summed E-state index contributed by atoms with van der Waals surface area (Å²) in [6.07, 6.45) is 9.53. The first-order valence-electron chi connectivity index (χ1n) is 9.40. The number of para-hydroxylation sites is 1. The Kier molecular flexibility index (Phi) is 5.37. The summed E-state index contributed by atoms with van der Waals surface area (Å²) in [5, 5.41) is 0. The van der Waals surface area contributed by atoms with E-state index in [1.807, 2.05) is 23.1 Å². The summed E-state index contributed by atoms with van der Waals surface area (Å²) in [7, 11) is 0. The zero-order valence-corrected chi connectivity index (χ0v) is 14.5. The van der Waals surface area contributed by atoms with Crippen LogP contribution in [0.3, 0.4) is 0 Å². The maximum Gasteiger partial charge on any atom is 0.247 e. The number of rotatable bonds is 4. The molecule has 0 spiro atoms. The molecule has 1 saturated heterocycles. The largest absolute Gasteiger partial charge is 0.311 e. The number of piperidine rings is 1. The van der Waals surface area contributed by atoms with Gasteiger partial charge in [0, 0.05) is 12.2 Å². The van der Waals surface area contributed by atoms with Crippen molar-refractivity contribution in [2.75, 3.05) is 24.5 Å². The third kappa shape index (κ3) is 3.30. The van der Waals surface area contributed by atoms with E-state index in [1.165, 1.54) is 38.5 Å². The van der Waals surface area contributed by atoms with Crippen LogP contribution in [0.2, 0.25) is 0 Å². The van der Waals surface area contributed by atoms with Gasteiger partial charge >= 0.3 is 0 Å². The highest BCUT2D eigenvalue weighted by molar-refractivity contribution is 6.00. The second kappa shape index (κ2) is 7.48. The molecule has 2 fully saturated rings. The van der Waals surface area contributed by atoms with Crippen LogP contribution in [0.25, 0.3) is 0 Å². The van der Waals surface area contributed by atoms with Crippen molar-refractivity contribution in [3.63, 3.8) is 0 Å². The zero-order valence-electron chi connectivity index (χ0n) is 14.5. The molecule has 3 heteroatoms. The highest BCUT2D eigenvalue weighted by atomic mass is 16.2. The first-order chi connectivity index (χ1) is 11.3. The minimum atomic E-state index is -0.246. The number of nitrogens with zero attached hydrogens (tertiary/aromatic N) is 2. The molecule has 0 unspecified atom stereocenters. The molecule has 1 saturated carbocycles.